The summed E-state index contributed by atoms with van der Waals surface area (Å²) in [6, 6.07) is 15.4. The Morgan fingerprint density at radius 2 is 1.97 bits per heavy atom. The molecule has 1 N–H and O–H groups in total. The van der Waals surface area contributed by atoms with Gasteiger partial charge in [0.05, 0.1) is 23.8 Å². The van der Waals surface area contributed by atoms with Crippen LogP contribution in [0.2, 0.25) is 0 Å². The maximum Gasteiger partial charge on any atom is 0.414 e. The van der Waals surface area contributed by atoms with Crippen LogP contribution in [0.4, 0.5) is 10.5 Å². The Morgan fingerprint density at radius 1 is 1.16 bits per heavy atom. The maximum absolute atomic E-state index is 12.6. The van der Waals surface area contributed by atoms with Gasteiger partial charge in [0.2, 0.25) is 0 Å². The number of benzene rings is 2. The highest BCUT2D eigenvalue weighted by Crippen LogP contribution is 2.39. The molecule has 2 unspecified atom stereocenters. The largest absolute Gasteiger partial charge is 0.452 e. The van der Waals surface area contributed by atoms with Crippen LogP contribution in [0.1, 0.15) is 49.7 Å². The highest BCUT2D eigenvalue weighted by molar-refractivity contribution is 5.95. The number of fused-ring (bicyclic) bond motifs is 3. The number of carbonyl (C=O) groups excluding carboxylic acids is 1. The third-order valence-electron chi connectivity index (χ3n) is 7.18. The summed E-state index contributed by atoms with van der Waals surface area (Å²) in [6.07, 6.45) is 3.43. The van der Waals surface area contributed by atoms with Crippen molar-refractivity contribution in [2.75, 3.05) is 25.1 Å². The number of methoxy groups -OCH3 is 1. The summed E-state index contributed by atoms with van der Waals surface area (Å²) in [5.74, 6) is 1.64. The number of aryl methyl sites for hydroxylation is 1. The minimum Gasteiger partial charge on any atom is -0.452 e. The van der Waals surface area contributed by atoms with Crippen molar-refractivity contribution in [2.24, 2.45) is 5.92 Å². The van der Waals surface area contributed by atoms with Crippen LogP contribution in [-0.4, -0.2) is 41.9 Å². The van der Waals surface area contributed by atoms with Crippen molar-refractivity contribution in [1.29, 1.82) is 0 Å². The molecule has 2 aromatic carbocycles. The van der Waals surface area contributed by atoms with E-state index in [1.165, 1.54) is 23.8 Å². The topological polar surface area (TPSA) is 59.4 Å². The lowest BCUT2D eigenvalue weighted by molar-refractivity contribution is 0.175. The third kappa shape index (κ3) is 3.56. The van der Waals surface area contributed by atoms with Gasteiger partial charge in [-0.05, 0) is 62.9 Å². The predicted molar refractivity (Wildman–Crippen MR) is 127 cm³/mol. The minimum atomic E-state index is -0.297. The van der Waals surface area contributed by atoms with Crippen LogP contribution in [0, 0.1) is 5.92 Å². The number of imidazole rings is 1. The Labute approximate surface area is 189 Å². The first-order valence-electron chi connectivity index (χ1n) is 11.7. The van der Waals surface area contributed by atoms with Gasteiger partial charge >= 0.3 is 6.09 Å². The molecule has 0 aliphatic carbocycles. The summed E-state index contributed by atoms with van der Waals surface area (Å²) in [5.41, 5.74) is 5.61. The Balaban J connectivity index is 1.68. The summed E-state index contributed by atoms with van der Waals surface area (Å²) < 4.78 is 7.60. The van der Waals surface area contributed by atoms with Gasteiger partial charge < -0.3 is 14.6 Å². The van der Waals surface area contributed by atoms with Crippen molar-refractivity contribution in [3.8, 4) is 0 Å². The Bertz CT molecular complexity index is 1120. The molecule has 2 aliphatic rings. The number of aromatic nitrogens is 2. The van der Waals surface area contributed by atoms with Crippen molar-refractivity contribution in [3.63, 3.8) is 0 Å². The van der Waals surface area contributed by atoms with E-state index in [0.717, 1.165) is 55.8 Å². The molecule has 6 heteroatoms. The molecule has 1 amide bonds. The van der Waals surface area contributed by atoms with Crippen LogP contribution in [0.15, 0.2) is 42.5 Å². The first-order chi connectivity index (χ1) is 15.6. The van der Waals surface area contributed by atoms with Gasteiger partial charge in [0.15, 0.2) is 0 Å². The van der Waals surface area contributed by atoms with Gasteiger partial charge in [-0.2, -0.15) is 0 Å². The number of nitrogens with zero attached hydrogens (tertiary/aromatic N) is 3. The lowest BCUT2D eigenvalue weighted by atomic mass is 9.93. The van der Waals surface area contributed by atoms with Crippen molar-refractivity contribution in [2.45, 2.75) is 51.6 Å². The second-order valence-corrected chi connectivity index (χ2v) is 9.26. The molecule has 1 fully saturated rings. The zero-order valence-electron chi connectivity index (χ0n) is 19.2. The molecule has 1 saturated heterocycles. The summed E-state index contributed by atoms with van der Waals surface area (Å²) in [7, 11) is 1.45. The van der Waals surface area contributed by atoms with Gasteiger partial charge in [0, 0.05) is 24.1 Å². The normalized spacial score (nSPS) is 23.2. The first-order valence-corrected chi connectivity index (χ1v) is 11.7. The lowest BCUT2D eigenvalue weighted by Crippen LogP contribution is -2.42. The maximum atomic E-state index is 12.6. The average molecular weight is 433 g/mol. The van der Waals surface area contributed by atoms with E-state index in [0.29, 0.717) is 12.0 Å². The number of amides is 1. The van der Waals surface area contributed by atoms with E-state index in [4.69, 9.17) is 9.72 Å². The first kappa shape index (κ1) is 21.0. The van der Waals surface area contributed by atoms with E-state index in [9.17, 15) is 4.79 Å². The van der Waals surface area contributed by atoms with E-state index < -0.39 is 0 Å². The predicted octanol–water partition coefficient (Wildman–Crippen LogP) is 4.71. The molecule has 3 aromatic rings. The van der Waals surface area contributed by atoms with Crippen LogP contribution >= 0.6 is 0 Å². The Morgan fingerprint density at radius 3 is 2.72 bits per heavy atom. The van der Waals surface area contributed by atoms with E-state index >= 15 is 0 Å². The molecule has 3 atom stereocenters. The van der Waals surface area contributed by atoms with Crippen LogP contribution < -0.4 is 10.2 Å². The molecule has 1 aromatic heterocycles. The van der Waals surface area contributed by atoms with Gasteiger partial charge in [-0.1, -0.05) is 37.3 Å². The summed E-state index contributed by atoms with van der Waals surface area (Å²) in [4.78, 5) is 19.6. The molecule has 6 nitrogen and oxygen atoms in total. The molecular weight excluding hydrogens is 400 g/mol. The molecule has 0 saturated carbocycles. The Hall–Kier alpha value is -2.86. The zero-order chi connectivity index (χ0) is 22.2. The Kier molecular flexibility index (Phi) is 5.64. The zero-order valence-corrected chi connectivity index (χ0v) is 19.2. The molecule has 0 spiro atoms. The lowest BCUT2D eigenvalue weighted by Gasteiger charge is -2.34. The molecule has 2 aliphatic heterocycles. The number of nitrogens with one attached hydrogen (secondary N) is 1. The fourth-order valence-corrected chi connectivity index (χ4v) is 5.48. The third-order valence-corrected chi connectivity index (χ3v) is 7.18. The van der Waals surface area contributed by atoms with Gasteiger partial charge in [-0.3, -0.25) is 4.90 Å². The molecular formula is C26H32N4O2. The fourth-order valence-electron chi connectivity index (χ4n) is 5.48. The monoisotopic (exact) mass is 432 g/mol. The molecule has 5 rings (SSSR count). The van der Waals surface area contributed by atoms with Gasteiger partial charge in [-0.15, -0.1) is 0 Å². The number of hydrogen-bond donors (Lipinski definition) is 1. The molecule has 0 bridgehead atoms. The van der Waals surface area contributed by atoms with E-state index in [1.807, 2.05) is 0 Å². The number of hydrogen-bond acceptors (Lipinski definition) is 4. The van der Waals surface area contributed by atoms with Crippen LogP contribution in [0.3, 0.4) is 0 Å². The van der Waals surface area contributed by atoms with Crippen molar-refractivity contribution in [1.82, 2.24) is 14.9 Å². The van der Waals surface area contributed by atoms with Crippen molar-refractivity contribution >= 4 is 22.8 Å². The summed E-state index contributed by atoms with van der Waals surface area (Å²) >= 11 is 0. The SMILES string of the molecule is COC(=O)N1c2ccc3c(nc(Cc4ccccc4)n3C3CCNCC3C)c2CC[C@@H]1C. The molecule has 0 radical (unpaired) electrons. The minimum absolute atomic E-state index is 0.114. The van der Waals surface area contributed by atoms with Crippen LogP contribution in [-0.2, 0) is 17.6 Å². The van der Waals surface area contributed by atoms with Crippen LogP contribution in [0.5, 0.6) is 0 Å². The number of anilines is 1. The second kappa shape index (κ2) is 8.58. The average Bonchev–Trinajstić information content (AvgIpc) is 3.17. The number of rotatable bonds is 3. The number of ether oxygens (including phenoxy) is 1. The number of carbonyl (C=O) groups is 1. The smallest absolute Gasteiger partial charge is 0.414 e. The quantitative estimate of drug-likeness (QED) is 0.651. The van der Waals surface area contributed by atoms with Gasteiger partial charge in [0.1, 0.15) is 5.82 Å². The van der Waals surface area contributed by atoms with Crippen molar-refractivity contribution in [3.05, 3.63) is 59.4 Å². The highest BCUT2D eigenvalue weighted by atomic mass is 16.5. The standard InChI is InChI=1S/C26H32N4O2/c1-17-16-27-14-13-21(17)30-23-12-11-22-20(10-9-18(2)29(22)26(31)32-3)25(23)28-24(30)15-19-7-5-4-6-8-19/h4-8,11-12,17-18,21,27H,9-10,13-16H2,1-3H3/t17?,18-,21?/m0/s1. The second-order valence-electron chi connectivity index (χ2n) is 9.26. The molecule has 168 valence electrons. The van der Waals surface area contributed by atoms with E-state index in [-0.39, 0.29) is 12.1 Å². The highest BCUT2D eigenvalue weighted by Gasteiger charge is 2.33. The molecule has 32 heavy (non-hydrogen) atoms. The van der Waals surface area contributed by atoms with Crippen LogP contribution in [0.25, 0.3) is 11.0 Å². The summed E-state index contributed by atoms with van der Waals surface area (Å²) in [6.45, 7) is 6.46. The summed E-state index contributed by atoms with van der Waals surface area (Å²) in [5, 5.41) is 3.53. The van der Waals surface area contributed by atoms with E-state index in [2.05, 4.69) is 66.2 Å². The molecule has 3 heterocycles. The van der Waals surface area contributed by atoms with E-state index in [1.54, 1.807) is 4.90 Å². The fraction of sp³-hybridized carbons (Fsp3) is 0.462. The van der Waals surface area contributed by atoms with Crippen molar-refractivity contribution < 1.29 is 9.53 Å². The number of piperidine rings is 1. The van der Waals surface area contributed by atoms with Gasteiger partial charge in [0.25, 0.3) is 0 Å². The van der Waals surface area contributed by atoms with Gasteiger partial charge in [-0.25, -0.2) is 9.78 Å².